The van der Waals surface area contributed by atoms with Crippen molar-refractivity contribution in [2.75, 3.05) is 6.54 Å². The van der Waals surface area contributed by atoms with Crippen molar-refractivity contribution >= 4 is 5.91 Å². The second kappa shape index (κ2) is 3.75. The molecule has 2 heteroatoms. The Morgan fingerprint density at radius 1 is 1.06 bits per heavy atom. The summed E-state index contributed by atoms with van der Waals surface area (Å²) < 4.78 is 0. The molecule has 4 atom stereocenters. The molecular weight excluding hydrogens is 198 g/mol. The average molecular weight is 221 g/mol. The van der Waals surface area contributed by atoms with Crippen LogP contribution in [-0.4, -0.2) is 23.4 Å². The van der Waals surface area contributed by atoms with Gasteiger partial charge in [-0.15, -0.1) is 0 Å². The van der Waals surface area contributed by atoms with Gasteiger partial charge in [0.05, 0.1) is 0 Å². The van der Waals surface area contributed by atoms with Gasteiger partial charge in [-0.2, -0.15) is 0 Å². The Bertz CT molecular complexity index is 291. The molecule has 16 heavy (non-hydrogen) atoms. The van der Waals surface area contributed by atoms with Gasteiger partial charge < -0.3 is 4.90 Å². The van der Waals surface area contributed by atoms with Crippen LogP contribution in [-0.2, 0) is 4.79 Å². The van der Waals surface area contributed by atoms with Crippen LogP contribution in [0, 0.1) is 23.7 Å². The minimum atomic E-state index is 0.389. The lowest BCUT2D eigenvalue weighted by molar-refractivity contribution is -0.139. The van der Waals surface area contributed by atoms with E-state index in [0.29, 0.717) is 17.9 Å². The molecule has 3 fully saturated rings. The predicted octanol–water partition coefficient (Wildman–Crippen LogP) is 2.68. The Labute approximate surface area is 98.4 Å². The van der Waals surface area contributed by atoms with Gasteiger partial charge in [-0.25, -0.2) is 0 Å². The van der Waals surface area contributed by atoms with Crippen LogP contribution in [0.2, 0.25) is 0 Å². The third kappa shape index (κ3) is 1.76. The lowest BCUT2D eigenvalue weighted by Gasteiger charge is -2.38. The minimum absolute atomic E-state index is 0.389. The number of piperidine rings is 1. The molecule has 0 radical (unpaired) electrons. The Balaban J connectivity index is 1.61. The van der Waals surface area contributed by atoms with E-state index in [-0.39, 0.29) is 0 Å². The highest BCUT2D eigenvalue weighted by atomic mass is 16.2. The van der Waals surface area contributed by atoms with Crippen LogP contribution < -0.4 is 0 Å². The molecule has 0 spiro atoms. The van der Waals surface area contributed by atoms with Gasteiger partial charge >= 0.3 is 0 Å². The van der Waals surface area contributed by atoms with E-state index < -0.39 is 0 Å². The summed E-state index contributed by atoms with van der Waals surface area (Å²) in [5.74, 6) is 3.52. The fraction of sp³-hybridized carbons (Fsp3) is 0.929. The molecule has 2 aliphatic carbocycles. The van der Waals surface area contributed by atoms with Gasteiger partial charge in [0.25, 0.3) is 0 Å². The lowest BCUT2D eigenvalue weighted by Crippen LogP contribution is -2.46. The second-order valence-corrected chi connectivity index (χ2v) is 6.43. The van der Waals surface area contributed by atoms with Gasteiger partial charge in [0.15, 0.2) is 0 Å². The van der Waals surface area contributed by atoms with Crippen LogP contribution in [0.4, 0.5) is 0 Å². The molecule has 2 saturated carbocycles. The summed E-state index contributed by atoms with van der Waals surface area (Å²) in [6, 6.07) is 0.480. The maximum atomic E-state index is 12.4. The molecule has 2 nitrogen and oxygen atoms in total. The first-order valence-electron chi connectivity index (χ1n) is 6.95. The Hall–Kier alpha value is -0.530. The zero-order chi connectivity index (χ0) is 11.3. The van der Waals surface area contributed by atoms with Gasteiger partial charge in [0.1, 0.15) is 0 Å². The maximum Gasteiger partial charge on any atom is 0.225 e. The van der Waals surface area contributed by atoms with Crippen molar-refractivity contribution in [3.05, 3.63) is 0 Å². The summed E-state index contributed by atoms with van der Waals surface area (Å²) in [6.07, 6.45) is 6.21. The number of nitrogens with zero attached hydrogens (tertiary/aromatic N) is 1. The van der Waals surface area contributed by atoms with Crippen molar-refractivity contribution in [3.8, 4) is 0 Å². The molecule has 0 aromatic carbocycles. The molecule has 3 rings (SSSR count). The number of carbonyl (C=O) groups excluding carboxylic acids is 1. The van der Waals surface area contributed by atoms with E-state index in [1.165, 1.54) is 32.1 Å². The number of rotatable bonds is 1. The Morgan fingerprint density at radius 2 is 1.75 bits per heavy atom. The third-order valence-electron chi connectivity index (χ3n) is 5.01. The standard InChI is InChI=1S/C14H23NO/c1-9-3-4-15(10(2)5-9)14(16)13-7-11-6-12(11)8-13/h9-13H,3-8H2,1-2H3. The zero-order valence-electron chi connectivity index (χ0n) is 10.5. The summed E-state index contributed by atoms with van der Waals surface area (Å²) in [4.78, 5) is 14.6. The van der Waals surface area contributed by atoms with Crippen LogP contribution in [0.5, 0.6) is 0 Å². The Morgan fingerprint density at radius 3 is 2.38 bits per heavy atom. The number of carbonyl (C=O) groups is 1. The highest BCUT2D eigenvalue weighted by Crippen LogP contribution is 2.54. The lowest BCUT2D eigenvalue weighted by atomic mass is 9.91. The first-order valence-corrected chi connectivity index (χ1v) is 6.95. The summed E-state index contributed by atoms with van der Waals surface area (Å²) >= 11 is 0. The number of hydrogen-bond acceptors (Lipinski definition) is 1. The molecule has 0 bridgehead atoms. The van der Waals surface area contributed by atoms with Crippen molar-refractivity contribution in [1.82, 2.24) is 4.90 Å². The van der Waals surface area contributed by atoms with Gasteiger partial charge in [-0.05, 0) is 56.8 Å². The van der Waals surface area contributed by atoms with Crippen molar-refractivity contribution in [2.24, 2.45) is 23.7 Å². The van der Waals surface area contributed by atoms with Gasteiger partial charge in [-0.1, -0.05) is 6.92 Å². The SMILES string of the molecule is CC1CCN(C(=O)C2CC3CC3C2)C(C)C1. The minimum Gasteiger partial charge on any atom is -0.340 e. The Kier molecular flexibility index (Phi) is 2.49. The quantitative estimate of drug-likeness (QED) is 0.666. The molecule has 0 aromatic rings. The van der Waals surface area contributed by atoms with E-state index in [1.807, 2.05) is 0 Å². The molecular formula is C14H23NO. The number of likely N-dealkylation sites (tertiary alicyclic amines) is 1. The van der Waals surface area contributed by atoms with Crippen LogP contribution in [0.3, 0.4) is 0 Å². The van der Waals surface area contributed by atoms with E-state index >= 15 is 0 Å². The number of amides is 1. The van der Waals surface area contributed by atoms with E-state index in [1.54, 1.807) is 0 Å². The number of hydrogen-bond donors (Lipinski definition) is 0. The van der Waals surface area contributed by atoms with E-state index in [4.69, 9.17) is 0 Å². The van der Waals surface area contributed by atoms with E-state index in [9.17, 15) is 4.79 Å². The molecule has 0 N–H and O–H groups in total. The highest BCUT2D eigenvalue weighted by Gasteiger charge is 2.49. The smallest absolute Gasteiger partial charge is 0.225 e. The van der Waals surface area contributed by atoms with Crippen molar-refractivity contribution in [3.63, 3.8) is 0 Å². The average Bonchev–Trinajstić information content (AvgIpc) is 2.85. The fourth-order valence-corrected chi connectivity index (χ4v) is 3.89. The molecule has 1 aliphatic heterocycles. The van der Waals surface area contributed by atoms with E-state index in [0.717, 1.165) is 24.3 Å². The second-order valence-electron chi connectivity index (χ2n) is 6.43. The largest absolute Gasteiger partial charge is 0.340 e. The zero-order valence-corrected chi connectivity index (χ0v) is 10.5. The molecule has 1 saturated heterocycles. The summed E-state index contributed by atoms with van der Waals surface area (Å²) in [5.41, 5.74) is 0. The predicted molar refractivity (Wildman–Crippen MR) is 63.9 cm³/mol. The highest BCUT2D eigenvalue weighted by molar-refractivity contribution is 5.79. The van der Waals surface area contributed by atoms with Gasteiger partial charge in [0, 0.05) is 18.5 Å². The summed E-state index contributed by atoms with van der Waals surface area (Å²) in [6.45, 7) is 5.54. The van der Waals surface area contributed by atoms with Crippen LogP contribution >= 0.6 is 0 Å². The monoisotopic (exact) mass is 221 g/mol. The van der Waals surface area contributed by atoms with Gasteiger partial charge in [-0.3, -0.25) is 4.79 Å². The summed E-state index contributed by atoms with van der Waals surface area (Å²) in [7, 11) is 0. The molecule has 4 unspecified atom stereocenters. The maximum absolute atomic E-state index is 12.4. The van der Waals surface area contributed by atoms with Gasteiger partial charge in [0.2, 0.25) is 5.91 Å². The van der Waals surface area contributed by atoms with Crippen molar-refractivity contribution in [2.45, 2.75) is 52.0 Å². The molecule has 3 aliphatic rings. The first-order chi connectivity index (χ1) is 7.65. The van der Waals surface area contributed by atoms with Crippen molar-refractivity contribution < 1.29 is 4.79 Å². The molecule has 90 valence electrons. The van der Waals surface area contributed by atoms with E-state index in [2.05, 4.69) is 18.7 Å². The molecule has 1 heterocycles. The van der Waals surface area contributed by atoms with Crippen LogP contribution in [0.1, 0.15) is 46.0 Å². The number of fused-ring (bicyclic) bond motifs is 1. The molecule has 1 amide bonds. The fourth-order valence-electron chi connectivity index (χ4n) is 3.89. The van der Waals surface area contributed by atoms with Crippen LogP contribution in [0.15, 0.2) is 0 Å². The topological polar surface area (TPSA) is 20.3 Å². The summed E-state index contributed by atoms with van der Waals surface area (Å²) in [5, 5.41) is 0. The normalized spacial score (nSPS) is 46.6. The molecule has 0 aromatic heterocycles. The first kappa shape index (κ1) is 10.6. The van der Waals surface area contributed by atoms with Crippen LogP contribution in [0.25, 0.3) is 0 Å². The third-order valence-corrected chi connectivity index (χ3v) is 5.01. The van der Waals surface area contributed by atoms with Crippen molar-refractivity contribution in [1.29, 1.82) is 0 Å².